The number of hydrogen-bond acceptors (Lipinski definition) is 12. The van der Waals surface area contributed by atoms with Crippen LogP contribution in [-0.2, 0) is 74.1 Å². The van der Waals surface area contributed by atoms with Crippen LogP contribution in [-0.4, -0.2) is 86.4 Å². The highest BCUT2D eigenvalue weighted by Gasteiger charge is 2.71. The first kappa shape index (κ1) is 109. The summed E-state index contributed by atoms with van der Waals surface area (Å²) in [7, 11) is 0. The number of aryl methyl sites for hydroxylation is 5. The van der Waals surface area contributed by atoms with Gasteiger partial charge in [-0.05, 0) is 354 Å². The topological polar surface area (TPSA) is 271 Å². The van der Waals surface area contributed by atoms with Crippen LogP contribution in [0.15, 0.2) is 170 Å². The third kappa shape index (κ3) is 20.1. The fraction of sp³-hybridized carbons (Fsp3) is 0.468. The quantitative estimate of drug-likeness (QED) is 0.0398. The number of amides is 5. The van der Waals surface area contributed by atoms with Crippen LogP contribution in [0.3, 0.4) is 0 Å². The van der Waals surface area contributed by atoms with Gasteiger partial charge in [0, 0.05) is 148 Å². The van der Waals surface area contributed by atoms with E-state index in [0.29, 0.717) is 128 Å². The lowest BCUT2D eigenvalue weighted by Gasteiger charge is -2.48. The van der Waals surface area contributed by atoms with Crippen LogP contribution in [0.1, 0.15) is 343 Å². The molecule has 0 aromatic heterocycles. The van der Waals surface area contributed by atoms with E-state index < -0.39 is 33.9 Å². The number of aliphatic hydroxyl groups is 2. The Morgan fingerprint density at radius 1 is 0.362 bits per heavy atom. The molecule has 7 fully saturated rings. The summed E-state index contributed by atoms with van der Waals surface area (Å²) in [4.78, 5) is 132. The van der Waals surface area contributed by atoms with Gasteiger partial charge in [0.05, 0.1) is 40.8 Å². The minimum absolute atomic E-state index is 0.00184. The van der Waals surface area contributed by atoms with Gasteiger partial charge in [0.1, 0.15) is 28.9 Å². The van der Waals surface area contributed by atoms with E-state index in [9.17, 15) is 58.2 Å². The molecule has 0 unspecified atom stereocenters. The molecule has 22 rings (SSSR count). The van der Waals surface area contributed by atoms with Gasteiger partial charge in [-0.25, -0.2) is 0 Å². The van der Waals surface area contributed by atoms with E-state index in [-0.39, 0.29) is 141 Å². The second kappa shape index (κ2) is 41.5. The summed E-state index contributed by atoms with van der Waals surface area (Å²) in [6.45, 7) is 29.5. The molecule has 784 valence electrons. The summed E-state index contributed by atoms with van der Waals surface area (Å²) in [5, 5.41) is 41.9. The molecule has 19 atom stereocenters. The van der Waals surface area contributed by atoms with Gasteiger partial charge in [0.2, 0.25) is 29.5 Å². The molecule has 7 saturated carbocycles. The Hall–Kier alpha value is -9.34. The van der Waals surface area contributed by atoms with Crippen molar-refractivity contribution in [2.24, 2.45) is 49.2 Å². The molecule has 9 aromatic rings. The van der Waals surface area contributed by atoms with Gasteiger partial charge in [-0.15, -0.1) is 0 Å². The van der Waals surface area contributed by atoms with Crippen LogP contribution in [0.25, 0.3) is 5.57 Å². The Morgan fingerprint density at radius 2 is 0.705 bits per heavy atom. The Balaban J connectivity index is 0.000000122. The second-order valence-corrected chi connectivity index (χ2v) is 51.4. The first-order valence-electron chi connectivity index (χ1n) is 52.7. The van der Waals surface area contributed by atoms with Crippen molar-refractivity contribution in [1.29, 1.82) is 0 Å². The Kier molecular flexibility index (Phi) is 30.5. The number of carbonyl (C=O) groups is 10. The van der Waals surface area contributed by atoms with Crippen molar-refractivity contribution >= 4 is 157 Å². The number of nitrogens with one attached hydrogen (secondary N) is 5. The highest BCUT2D eigenvalue weighted by molar-refractivity contribution is 6.37. The van der Waals surface area contributed by atoms with Crippen molar-refractivity contribution in [2.45, 2.75) is 310 Å². The highest BCUT2D eigenvalue weighted by atomic mass is 35.5. The molecule has 17 nitrogen and oxygen atoms in total. The fourth-order valence-corrected chi connectivity index (χ4v) is 33.0. The zero-order valence-corrected chi connectivity index (χ0v) is 93.5. The number of ketones is 5. The van der Waals surface area contributed by atoms with Crippen molar-refractivity contribution in [3.8, 4) is 0 Å². The Bertz CT molecular complexity index is 6990. The van der Waals surface area contributed by atoms with Crippen LogP contribution in [0, 0.1) is 83.9 Å². The molecule has 13 aliphatic rings. The maximum absolute atomic E-state index is 13.8. The second-order valence-electron chi connectivity index (χ2n) is 47.9. The first-order chi connectivity index (χ1) is 70.3. The van der Waals surface area contributed by atoms with E-state index in [1.807, 2.05) is 70.2 Å². The van der Waals surface area contributed by atoms with Crippen LogP contribution < -0.4 is 26.6 Å². The largest absolute Gasteiger partial charge is 0.390 e. The summed E-state index contributed by atoms with van der Waals surface area (Å²) < 4.78 is 0. The number of carbonyl (C=O) groups excluding carboxylic acids is 10. The van der Waals surface area contributed by atoms with Gasteiger partial charge in [-0.1, -0.05) is 237 Å². The van der Waals surface area contributed by atoms with Gasteiger partial charge in [-0.2, -0.15) is 0 Å². The third-order valence-electron chi connectivity index (χ3n) is 36.7. The van der Waals surface area contributed by atoms with E-state index in [0.717, 1.165) is 153 Å². The molecule has 0 heterocycles. The molecule has 6 bridgehead atoms. The minimum atomic E-state index is -0.917. The Morgan fingerprint density at radius 3 is 1.09 bits per heavy atom. The van der Waals surface area contributed by atoms with E-state index in [4.69, 9.17) is 92.8 Å². The van der Waals surface area contributed by atoms with Crippen molar-refractivity contribution < 1.29 is 58.2 Å². The van der Waals surface area contributed by atoms with Gasteiger partial charge in [-0.3, -0.25) is 38.4 Å². The predicted molar refractivity (Wildman–Crippen MR) is 591 cm³/mol. The van der Waals surface area contributed by atoms with Crippen LogP contribution in [0.5, 0.6) is 0 Å². The molecular weight excluding hydrogens is 2040 g/mol. The monoisotopic (exact) mass is 2170 g/mol. The van der Waals surface area contributed by atoms with E-state index in [1.54, 1.807) is 68.4 Å². The van der Waals surface area contributed by atoms with Crippen molar-refractivity contribution in [2.75, 3.05) is 6.54 Å². The zero-order valence-electron chi connectivity index (χ0n) is 87.4. The van der Waals surface area contributed by atoms with Crippen LogP contribution in [0.4, 0.5) is 0 Å². The van der Waals surface area contributed by atoms with Gasteiger partial charge < -0.3 is 46.4 Å². The van der Waals surface area contributed by atoms with Gasteiger partial charge in [0.15, 0.2) is 0 Å². The van der Waals surface area contributed by atoms with Crippen molar-refractivity contribution in [3.05, 3.63) is 316 Å². The lowest BCUT2D eigenvalue weighted by molar-refractivity contribution is -0.134. The molecule has 3 spiro atoms. The molecule has 149 heavy (non-hydrogen) atoms. The van der Waals surface area contributed by atoms with Crippen molar-refractivity contribution in [3.63, 3.8) is 0 Å². The van der Waals surface area contributed by atoms with Gasteiger partial charge in [0.25, 0.3) is 0 Å². The summed E-state index contributed by atoms with van der Waals surface area (Å²) in [5.41, 5.74) is 16.7. The zero-order chi connectivity index (χ0) is 107. The normalized spacial score (nSPS) is 30.4. The van der Waals surface area contributed by atoms with E-state index in [1.165, 1.54) is 22.3 Å². The van der Waals surface area contributed by atoms with Crippen molar-refractivity contribution in [1.82, 2.24) is 26.6 Å². The number of halogens is 8. The van der Waals surface area contributed by atoms with E-state index >= 15 is 0 Å². The molecule has 0 saturated heterocycles. The average Bonchev–Trinajstić information content (AvgIpc) is 1.53. The van der Waals surface area contributed by atoms with Crippen LogP contribution >= 0.6 is 92.8 Å². The van der Waals surface area contributed by atoms with E-state index in [2.05, 4.69) is 155 Å². The standard InChI is InChI=1S/2C26H29Cl2NO3.2C25H25Cl2NO2.C22H27NO2/c1-15-5-4-6-20-21-7-8-25(3,32)14-26(21,12-16(2)30)23(22(15)20)24(31)29-13-17-9-18(27)11-19(28)10-17;1-15-5-4-6-19-20-9-10-25(3,32)14-26(20,12-16(2)30)23(22(15)19)24(31)29-13-17-7-8-18(27)11-21(17)28;1-14-4-3-5-18-19-6-7-24(2)13-25(19,11-20(24)29)22(21(14)18)23(30)28-12-15-8-16(26)10-17(27)9-15;1-14-4-3-5-17-18-8-9-24(2)13-25(18,11-20(24)29)22(21(14)17)23(30)28-12-15-6-7-16(26)10-19(15)27;1-13(2)11-23-20(25)19-18-14(3)6-5-7-15(18)16-8-9-21(4)12-22(16,19)10-17(21)24/h4-6,9-11,21,23,32H,7-8,12-14H2,1-3H3,(H,29,31);4-8,11,20,23,32H,9-10,12-14H2,1-3H3,(H,29,31);3-5,8-10,19,22H,6-7,11-13H2,1-2H3,(H,28,30);3-7,10,18,22H,8-9,11-13H2,1-2H3,(H,28,30);5-8,13,19H,9-12H2,1-4H3,(H,23,25)/t21-,23+,25-,26+;20-,23+,25-,26+;19-,22+,24-,25+;18-,22+,24-,25+;19-,21+,22-/m00001/s1. The molecule has 13 aliphatic carbocycles. The molecular formula is C124H135Cl8N5O12. The molecule has 0 radical (unpaired) electrons. The molecule has 25 heteroatoms. The third-order valence-corrected chi connectivity index (χ3v) is 38.8. The summed E-state index contributed by atoms with van der Waals surface area (Å²) in [6.07, 6.45) is 14.9. The SMILES string of the molecule is CC(=O)C[C@@]12C[C@@](C)(O)CC[C@H]1c1cccc(C)c1[C@@H]2C(=O)NCc1cc(Cl)cc(Cl)c1.CC(=O)C[C@@]12C[C@@](C)(O)CC[C@H]1c1cccc(C)c1[C@@H]2C(=O)NCc1ccc(Cl)cc1Cl.Cc1cccc2c1[C@H](C(=O)NCC(C)C)[C@@]13CC(=O)[C@@](C)(CC=C21)C3.Cc1cccc2c1[C@H](C(=O)NCc1cc(Cl)cc(Cl)c1)[C@@]13CC(=O)[C@@](C)(CC[C@@H]21)C3.Cc1cccc2c1[C@H](C(=O)NCc1ccc(Cl)cc1Cl)[C@@]13CC(=O)[C@@](C)(CC[C@@H]21)C3. The number of benzene rings is 9. The smallest absolute Gasteiger partial charge is 0.228 e. The fourth-order valence-electron chi connectivity index (χ4n) is 31.0. The highest BCUT2D eigenvalue weighted by Crippen LogP contribution is 2.76. The minimum Gasteiger partial charge on any atom is -0.390 e. The summed E-state index contributed by atoms with van der Waals surface area (Å²) >= 11 is 49.1. The molecule has 9 aromatic carbocycles. The number of Topliss-reactive ketones (excluding diaryl/α,β-unsaturated/α-hetero) is 5. The number of rotatable bonds is 19. The maximum atomic E-state index is 13.8. The first-order valence-corrected chi connectivity index (χ1v) is 55.7. The molecule has 0 aliphatic heterocycles. The molecule has 7 N–H and O–H groups in total. The maximum Gasteiger partial charge on any atom is 0.228 e. The number of fused-ring (bicyclic) bond motifs is 15. The van der Waals surface area contributed by atoms with Gasteiger partial charge >= 0.3 is 0 Å². The lowest BCUT2D eigenvalue weighted by atomic mass is 9.56. The predicted octanol–water partition coefficient (Wildman–Crippen LogP) is 27.3. The summed E-state index contributed by atoms with van der Waals surface area (Å²) in [6, 6.07) is 52.3. The number of allylic oxidation sites excluding steroid dienone is 2. The molecule has 5 amide bonds. The lowest BCUT2D eigenvalue weighted by Crippen LogP contribution is -2.48. The average molecular weight is 2170 g/mol. The van der Waals surface area contributed by atoms with Crippen LogP contribution in [0.2, 0.25) is 40.2 Å². The number of hydrogen-bond donors (Lipinski definition) is 7. The Labute approximate surface area is 915 Å². The summed E-state index contributed by atoms with van der Waals surface area (Å²) in [5.74, 6) is 0.160.